The number of fused-ring (bicyclic) bond motifs is 1. The van der Waals surface area contributed by atoms with E-state index in [-0.39, 0.29) is 5.91 Å². The molecular formula is C18H18N2O2S. The van der Waals surface area contributed by atoms with Crippen molar-refractivity contribution in [3.05, 3.63) is 54.2 Å². The number of rotatable bonds is 4. The van der Waals surface area contributed by atoms with Gasteiger partial charge in [0.15, 0.2) is 0 Å². The number of H-pyrrole nitrogens is 1. The van der Waals surface area contributed by atoms with E-state index in [1.165, 1.54) is 0 Å². The minimum absolute atomic E-state index is 0.00890. The zero-order valence-corrected chi connectivity index (χ0v) is 14.1. The van der Waals surface area contributed by atoms with Crippen LogP contribution in [0.15, 0.2) is 58.5 Å². The summed E-state index contributed by atoms with van der Waals surface area (Å²) in [5.74, 6) is 0.827. The molecule has 3 aromatic rings. The van der Waals surface area contributed by atoms with Crippen LogP contribution >= 0.6 is 11.8 Å². The lowest BCUT2D eigenvalue weighted by atomic mass is 10.2. The Bertz CT molecular complexity index is 855. The molecular weight excluding hydrogens is 308 g/mol. The number of nitrogens with zero attached hydrogens (tertiary/aromatic N) is 1. The molecule has 2 aromatic carbocycles. The van der Waals surface area contributed by atoms with E-state index in [9.17, 15) is 4.79 Å². The number of ether oxygens (including phenoxy) is 1. The molecule has 4 nitrogen and oxygen atoms in total. The predicted molar refractivity (Wildman–Crippen MR) is 93.4 cm³/mol. The first kappa shape index (κ1) is 15.5. The Labute approximate surface area is 139 Å². The highest BCUT2D eigenvalue weighted by molar-refractivity contribution is 7.99. The molecule has 0 atom stereocenters. The van der Waals surface area contributed by atoms with Crippen LogP contribution in [-0.4, -0.2) is 37.0 Å². The van der Waals surface area contributed by atoms with Crippen molar-refractivity contribution in [3.8, 4) is 5.75 Å². The summed E-state index contributed by atoms with van der Waals surface area (Å²) in [6, 6.07) is 13.6. The van der Waals surface area contributed by atoms with Gasteiger partial charge in [-0.3, -0.25) is 4.79 Å². The van der Waals surface area contributed by atoms with E-state index in [4.69, 9.17) is 4.74 Å². The molecule has 1 aromatic heterocycles. The summed E-state index contributed by atoms with van der Waals surface area (Å²) in [6.07, 6.45) is 1.96. The fraction of sp³-hybridized carbons (Fsp3) is 0.167. The zero-order chi connectivity index (χ0) is 16.4. The summed E-state index contributed by atoms with van der Waals surface area (Å²) >= 11 is 1.59. The van der Waals surface area contributed by atoms with Crippen molar-refractivity contribution in [2.45, 2.75) is 9.79 Å². The molecule has 0 aliphatic heterocycles. The molecule has 0 aliphatic carbocycles. The minimum Gasteiger partial charge on any atom is -0.497 e. The summed E-state index contributed by atoms with van der Waals surface area (Å²) in [4.78, 5) is 19.2. The molecule has 5 heteroatoms. The van der Waals surface area contributed by atoms with Crippen LogP contribution in [-0.2, 0) is 0 Å². The predicted octanol–water partition coefficient (Wildman–Crippen LogP) is 4.03. The van der Waals surface area contributed by atoms with Crippen LogP contribution in [0.5, 0.6) is 5.75 Å². The Morgan fingerprint density at radius 3 is 2.65 bits per heavy atom. The largest absolute Gasteiger partial charge is 0.497 e. The van der Waals surface area contributed by atoms with Crippen LogP contribution in [0.4, 0.5) is 0 Å². The van der Waals surface area contributed by atoms with Gasteiger partial charge in [-0.05, 0) is 24.3 Å². The van der Waals surface area contributed by atoms with Crippen molar-refractivity contribution in [3.63, 3.8) is 0 Å². The summed E-state index contributed by atoms with van der Waals surface area (Å²) in [6.45, 7) is 0. The van der Waals surface area contributed by atoms with E-state index in [1.807, 2.05) is 48.7 Å². The lowest BCUT2D eigenvalue weighted by molar-refractivity contribution is 0.0824. The topological polar surface area (TPSA) is 45.3 Å². The van der Waals surface area contributed by atoms with Crippen molar-refractivity contribution in [1.82, 2.24) is 9.88 Å². The van der Waals surface area contributed by atoms with Gasteiger partial charge in [-0.1, -0.05) is 23.9 Å². The van der Waals surface area contributed by atoms with Gasteiger partial charge in [0.1, 0.15) is 5.75 Å². The average Bonchev–Trinajstić information content (AvgIpc) is 2.96. The Morgan fingerprint density at radius 2 is 1.91 bits per heavy atom. The number of hydrogen-bond acceptors (Lipinski definition) is 3. The molecule has 0 spiro atoms. The molecule has 118 valence electrons. The fourth-order valence-corrected chi connectivity index (χ4v) is 3.44. The number of benzene rings is 2. The fourth-order valence-electron chi connectivity index (χ4n) is 2.38. The molecule has 0 unspecified atom stereocenters. The van der Waals surface area contributed by atoms with Crippen molar-refractivity contribution < 1.29 is 9.53 Å². The van der Waals surface area contributed by atoms with Crippen LogP contribution in [0.3, 0.4) is 0 Å². The van der Waals surface area contributed by atoms with E-state index in [0.717, 1.165) is 26.4 Å². The van der Waals surface area contributed by atoms with Gasteiger partial charge in [-0.2, -0.15) is 0 Å². The van der Waals surface area contributed by atoms with Gasteiger partial charge in [-0.15, -0.1) is 0 Å². The minimum atomic E-state index is 0.00890. The number of aromatic nitrogens is 1. The van der Waals surface area contributed by atoms with Crippen molar-refractivity contribution in [2.75, 3.05) is 21.2 Å². The number of carbonyl (C=O) groups is 1. The van der Waals surface area contributed by atoms with Crippen LogP contribution in [0, 0.1) is 0 Å². The Balaban J connectivity index is 1.98. The quantitative estimate of drug-likeness (QED) is 0.787. The second kappa shape index (κ2) is 6.38. The molecule has 0 saturated heterocycles. The highest BCUT2D eigenvalue weighted by Gasteiger charge is 2.15. The summed E-state index contributed by atoms with van der Waals surface area (Å²) < 4.78 is 5.25. The van der Waals surface area contributed by atoms with E-state index in [1.54, 1.807) is 37.9 Å². The van der Waals surface area contributed by atoms with Crippen LogP contribution < -0.4 is 4.74 Å². The van der Waals surface area contributed by atoms with Crippen LogP contribution in [0.1, 0.15) is 10.4 Å². The first-order valence-corrected chi connectivity index (χ1v) is 8.05. The highest BCUT2D eigenvalue weighted by atomic mass is 32.2. The van der Waals surface area contributed by atoms with E-state index < -0.39 is 0 Å². The smallest absolute Gasteiger partial charge is 0.254 e. The second-order valence-electron chi connectivity index (χ2n) is 5.36. The number of hydrogen-bond donors (Lipinski definition) is 1. The Morgan fingerprint density at radius 1 is 1.13 bits per heavy atom. The van der Waals surface area contributed by atoms with Crippen molar-refractivity contribution in [1.29, 1.82) is 0 Å². The number of methoxy groups -OCH3 is 1. The number of aromatic amines is 1. The lowest BCUT2D eigenvalue weighted by Gasteiger charge is -2.13. The first-order valence-electron chi connectivity index (χ1n) is 7.24. The maximum atomic E-state index is 12.3. The third kappa shape index (κ3) is 3.05. The van der Waals surface area contributed by atoms with Gasteiger partial charge >= 0.3 is 0 Å². The molecule has 0 radical (unpaired) electrons. The molecule has 3 rings (SSSR count). The van der Waals surface area contributed by atoms with Gasteiger partial charge in [0, 0.05) is 41.5 Å². The van der Waals surface area contributed by atoms with Crippen LogP contribution in [0.2, 0.25) is 0 Å². The molecule has 0 bridgehead atoms. The molecule has 0 fully saturated rings. The van der Waals surface area contributed by atoms with Gasteiger partial charge in [0.05, 0.1) is 18.2 Å². The Hall–Kier alpha value is -2.40. The normalized spacial score (nSPS) is 10.7. The molecule has 1 amide bonds. The second-order valence-corrected chi connectivity index (χ2v) is 6.45. The molecule has 1 heterocycles. The number of amides is 1. The van der Waals surface area contributed by atoms with Crippen LogP contribution in [0.25, 0.3) is 10.9 Å². The van der Waals surface area contributed by atoms with E-state index in [0.29, 0.717) is 5.56 Å². The SMILES string of the molecule is COc1ccc2c(Sc3ccccc3C(=O)N(C)C)c[nH]c2c1. The first-order chi connectivity index (χ1) is 11.1. The summed E-state index contributed by atoms with van der Waals surface area (Å²) in [5.41, 5.74) is 1.73. The Kier molecular flexibility index (Phi) is 4.30. The third-order valence-electron chi connectivity index (χ3n) is 3.59. The lowest BCUT2D eigenvalue weighted by Crippen LogP contribution is -2.22. The standard InChI is InChI=1S/C18H18N2O2S/c1-20(2)18(21)14-6-4-5-7-16(14)23-17-11-19-15-10-12(22-3)8-9-13(15)17/h4-11,19H,1-3H3. The summed E-state index contributed by atoms with van der Waals surface area (Å²) in [7, 11) is 5.19. The van der Waals surface area contributed by atoms with Gasteiger partial charge in [-0.25, -0.2) is 0 Å². The van der Waals surface area contributed by atoms with Gasteiger partial charge < -0.3 is 14.6 Å². The number of nitrogens with one attached hydrogen (secondary N) is 1. The maximum Gasteiger partial charge on any atom is 0.254 e. The monoisotopic (exact) mass is 326 g/mol. The molecule has 0 aliphatic rings. The summed E-state index contributed by atoms with van der Waals surface area (Å²) in [5, 5.41) is 1.11. The van der Waals surface area contributed by atoms with Gasteiger partial charge in [0.25, 0.3) is 5.91 Å². The van der Waals surface area contributed by atoms with E-state index >= 15 is 0 Å². The third-order valence-corrected chi connectivity index (χ3v) is 4.73. The average molecular weight is 326 g/mol. The van der Waals surface area contributed by atoms with E-state index in [2.05, 4.69) is 4.98 Å². The molecule has 23 heavy (non-hydrogen) atoms. The zero-order valence-electron chi connectivity index (χ0n) is 13.3. The molecule has 0 saturated carbocycles. The highest BCUT2D eigenvalue weighted by Crippen LogP contribution is 2.36. The van der Waals surface area contributed by atoms with Crippen molar-refractivity contribution >= 4 is 28.6 Å². The molecule has 1 N–H and O–H groups in total. The number of carbonyl (C=O) groups excluding carboxylic acids is 1. The van der Waals surface area contributed by atoms with Gasteiger partial charge in [0.2, 0.25) is 0 Å². The van der Waals surface area contributed by atoms with Crippen molar-refractivity contribution in [2.24, 2.45) is 0 Å². The maximum absolute atomic E-state index is 12.3.